The van der Waals surface area contributed by atoms with Crippen LogP contribution in [0.5, 0.6) is 0 Å². The van der Waals surface area contributed by atoms with Gasteiger partial charge in [0.2, 0.25) is 0 Å². The van der Waals surface area contributed by atoms with E-state index in [2.05, 4.69) is 44.5 Å². The van der Waals surface area contributed by atoms with Gasteiger partial charge in [0.05, 0.1) is 5.39 Å². The van der Waals surface area contributed by atoms with Crippen molar-refractivity contribution in [2.75, 3.05) is 19.4 Å². The minimum Gasteiger partial charge on any atom is -0.422 e. The van der Waals surface area contributed by atoms with Crippen LogP contribution in [0.4, 0.5) is 11.5 Å². The molecule has 0 unspecified atom stereocenters. The molecule has 0 saturated carbocycles. The Labute approximate surface area is 167 Å². The molecule has 0 atom stereocenters. The van der Waals surface area contributed by atoms with E-state index in [4.69, 9.17) is 0 Å². The van der Waals surface area contributed by atoms with Gasteiger partial charge < -0.3 is 15.4 Å². The molecule has 0 saturated heterocycles. The number of rotatable bonds is 5. The number of anilines is 2. The molecule has 0 bridgehead atoms. The van der Waals surface area contributed by atoms with Gasteiger partial charge in [0.1, 0.15) is 5.82 Å². The number of nitrogens with zero attached hydrogens (tertiary/aromatic N) is 4. The molecule has 146 valence electrons. The van der Waals surface area contributed by atoms with Gasteiger partial charge in [-0.2, -0.15) is 4.98 Å². The molecule has 7 nitrogen and oxygen atoms in total. The molecule has 0 radical (unpaired) electrons. The van der Waals surface area contributed by atoms with Crippen molar-refractivity contribution < 1.29 is 5.21 Å². The summed E-state index contributed by atoms with van der Waals surface area (Å²) >= 11 is 0. The van der Waals surface area contributed by atoms with Crippen LogP contribution in [0.2, 0.25) is 0 Å². The van der Waals surface area contributed by atoms with Crippen LogP contribution in [-0.2, 0) is 6.54 Å². The van der Waals surface area contributed by atoms with Crippen molar-refractivity contribution in [1.82, 2.24) is 19.6 Å². The number of aromatic nitrogens is 3. The molecule has 29 heavy (non-hydrogen) atoms. The maximum absolute atomic E-state index is 12.0. The minimum atomic E-state index is -0.786. The van der Waals surface area contributed by atoms with E-state index in [1.165, 1.54) is 11.8 Å². The van der Waals surface area contributed by atoms with E-state index in [1.54, 1.807) is 12.1 Å². The summed E-state index contributed by atoms with van der Waals surface area (Å²) in [5.74, 6) is 0.349. The first-order valence-corrected chi connectivity index (χ1v) is 9.19. The molecule has 0 aliphatic rings. The lowest BCUT2D eigenvalue weighted by atomic mass is 10.0. The average Bonchev–Trinajstić information content (AvgIpc) is 2.72. The third-order valence-electron chi connectivity index (χ3n) is 4.52. The fourth-order valence-electron chi connectivity index (χ4n) is 3.27. The first kappa shape index (κ1) is 18.6. The highest BCUT2D eigenvalue weighted by atomic mass is 16.5. The second kappa shape index (κ2) is 7.73. The Morgan fingerprint density at radius 3 is 2.59 bits per heavy atom. The molecular weight excluding hydrogens is 366 g/mol. The third kappa shape index (κ3) is 3.95. The van der Waals surface area contributed by atoms with E-state index >= 15 is 0 Å². The van der Waals surface area contributed by atoms with Crippen molar-refractivity contribution in [3.63, 3.8) is 0 Å². The smallest absolute Gasteiger partial charge is 0.384 e. The molecule has 0 spiro atoms. The Balaban J connectivity index is 1.70. The standard InChI is InChI=1S/C22H21N5O2/c1-26(2)14-15-6-3-7-16(12-15)17-8-4-9-18(13-17)24-20-19-10-5-11-23-21(19)27(29)22(28)25-20/h3-13,29H,14H2,1-2H3,(H,24,25,28). The summed E-state index contributed by atoms with van der Waals surface area (Å²) in [5, 5.41) is 13.6. The van der Waals surface area contributed by atoms with Crippen molar-refractivity contribution in [2.24, 2.45) is 0 Å². The monoisotopic (exact) mass is 387 g/mol. The van der Waals surface area contributed by atoms with E-state index in [0.29, 0.717) is 15.9 Å². The maximum atomic E-state index is 12.0. The first-order chi connectivity index (χ1) is 14.0. The number of benzene rings is 2. The van der Waals surface area contributed by atoms with Crippen molar-refractivity contribution in [2.45, 2.75) is 6.54 Å². The number of hydrogen-bond acceptors (Lipinski definition) is 6. The molecule has 4 rings (SSSR count). The summed E-state index contributed by atoms with van der Waals surface area (Å²) in [6, 6.07) is 19.8. The van der Waals surface area contributed by atoms with Crippen LogP contribution in [0.25, 0.3) is 22.2 Å². The Morgan fingerprint density at radius 2 is 1.79 bits per heavy atom. The van der Waals surface area contributed by atoms with Crippen LogP contribution < -0.4 is 11.0 Å². The Morgan fingerprint density at radius 1 is 1.03 bits per heavy atom. The second-order valence-corrected chi connectivity index (χ2v) is 7.07. The summed E-state index contributed by atoms with van der Waals surface area (Å²) < 4.78 is 0.452. The van der Waals surface area contributed by atoms with Crippen molar-refractivity contribution >= 4 is 22.5 Å². The van der Waals surface area contributed by atoms with Gasteiger partial charge in [-0.1, -0.05) is 30.3 Å². The summed E-state index contributed by atoms with van der Waals surface area (Å²) in [7, 11) is 4.09. The average molecular weight is 387 g/mol. The van der Waals surface area contributed by atoms with Gasteiger partial charge in [-0.05, 0) is 61.1 Å². The predicted octanol–water partition coefficient (Wildman–Crippen LogP) is 3.50. The van der Waals surface area contributed by atoms with Crippen LogP contribution in [0, 0.1) is 0 Å². The van der Waals surface area contributed by atoms with E-state index in [-0.39, 0.29) is 5.65 Å². The molecule has 0 amide bonds. The zero-order chi connectivity index (χ0) is 20.4. The topological polar surface area (TPSA) is 83.3 Å². The van der Waals surface area contributed by atoms with Crippen LogP contribution in [0.15, 0.2) is 71.7 Å². The van der Waals surface area contributed by atoms with E-state index in [9.17, 15) is 10.0 Å². The lowest BCUT2D eigenvalue weighted by molar-refractivity contribution is 0.182. The van der Waals surface area contributed by atoms with E-state index in [0.717, 1.165) is 23.4 Å². The molecule has 0 aliphatic heterocycles. The van der Waals surface area contributed by atoms with Crippen LogP contribution in [0.3, 0.4) is 0 Å². The zero-order valence-corrected chi connectivity index (χ0v) is 16.2. The molecule has 0 fully saturated rings. The van der Waals surface area contributed by atoms with Crippen LogP contribution >= 0.6 is 0 Å². The SMILES string of the molecule is CN(C)Cc1cccc(-c2cccc(Nc3nc(=O)n(O)c4ncccc34)c2)c1. The summed E-state index contributed by atoms with van der Waals surface area (Å²) in [6.45, 7) is 0.867. The quantitative estimate of drug-likeness (QED) is 0.510. The van der Waals surface area contributed by atoms with Crippen molar-refractivity contribution in [3.8, 4) is 11.1 Å². The third-order valence-corrected chi connectivity index (χ3v) is 4.52. The van der Waals surface area contributed by atoms with Gasteiger partial charge in [0, 0.05) is 18.4 Å². The Hall–Kier alpha value is -3.71. The fourth-order valence-corrected chi connectivity index (χ4v) is 3.27. The molecular formula is C22H21N5O2. The summed E-state index contributed by atoms with van der Waals surface area (Å²) in [5.41, 5.74) is 3.55. The lowest BCUT2D eigenvalue weighted by Gasteiger charge is -2.12. The van der Waals surface area contributed by atoms with Gasteiger partial charge in [-0.15, -0.1) is 4.73 Å². The maximum Gasteiger partial charge on any atom is 0.384 e. The molecule has 7 heteroatoms. The van der Waals surface area contributed by atoms with Gasteiger partial charge in [0.15, 0.2) is 5.65 Å². The number of nitrogens with one attached hydrogen (secondary N) is 1. The summed E-state index contributed by atoms with van der Waals surface area (Å²) in [6.07, 6.45) is 1.51. The molecule has 0 aliphatic carbocycles. The highest BCUT2D eigenvalue weighted by molar-refractivity contribution is 5.88. The van der Waals surface area contributed by atoms with Gasteiger partial charge in [0.25, 0.3) is 0 Å². The molecule has 4 aromatic rings. The van der Waals surface area contributed by atoms with Gasteiger partial charge in [-0.3, -0.25) is 0 Å². The number of pyridine rings is 1. The predicted molar refractivity (Wildman–Crippen MR) is 114 cm³/mol. The first-order valence-electron chi connectivity index (χ1n) is 9.19. The Kier molecular flexibility index (Phi) is 4.97. The highest BCUT2D eigenvalue weighted by Gasteiger charge is 2.11. The molecule has 2 N–H and O–H groups in total. The normalized spacial score (nSPS) is 11.1. The molecule has 2 heterocycles. The fraction of sp³-hybridized carbons (Fsp3) is 0.136. The van der Waals surface area contributed by atoms with Crippen molar-refractivity contribution in [3.05, 3.63) is 82.9 Å². The molecule has 2 aromatic carbocycles. The molecule has 2 aromatic heterocycles. The second-order valence-electron chi connectivity index (χ2n) is 7.07. The largest absolute Gasteiger partial charge is 0.422 e. The van der Waals surface area contributed by atoms with Crippen LogP contribution in [-0.4, -0.2) is 38.9 Å². The Bertz CT molecular complexity index is 1230. The van der Waals surface area contributed by atoms with Gasteiger partial charge >= 0.3 is 5.69 Å². The highest BCUT2D eigenvalue weighted by Crippen LogP contribution is 2.27. The zero-order valence-electron chi connectivity index (χ0n) is 16.2. The van der Waals surface area contributed by atoms with Crippen LogP contribution in [0.1, 0.15) is 5.56 Å². The number of fused-ring (bicyclic) bond motifs is 1. The lowest BCUT2D eigenvalue weighted by Crippen LogP contribution is -2.23. The summed E-state index contributed by atoms with van der Waals surface area (Å²) in [4.78, 5) is 22.1. The van der Waals surface area contributed by atoms with E-state index in [1.807, 2.05) is 38.4 Å². The van der Waals surface area contributed by atoms with Crippen molar-refractivity contribution in [1.29, 1.82) is 0 Å². The van der Waals surface area contributed by atoms with Gasteiger partial charge in [-0.25, -0.2) is 9.78 Å². The van der Waals surface area contributed by atoms with E-state index < -0.39 is 5.69 Å². The number of hydrogen-bond donors (Lipinski definition) is 2. The minimum absolute atomic E-state index is 0.155.